The van der Waals surface area contributed by atoms with Gasteiger partial charge in [-0.1, -0.05) is 0 Å². The molecule has 0 spiro atoms. The second-order valence-electron chi connectivity index (χ2n) is 3.87. The van der Waals surface area contributed by atoms with Gasteiger partial charge in [0.1, 0.15) is 11.3 Å². The number of aryl methyl sites for hydroxylation is 1. The Morgan fingerprint density at radius 1 is 1.28 bits per heavy atom. The highest BCUT2D eigenvalue weighted by molar-refractivity contribution is 5.96. The number of ether oxygens (including phenoxy) is 2. The van der Waals surface area contributed by atoms with Gasteiger partial charge >= 0.3 is 5.97 Å². The highest BCUT2D eigenvalue weighted by Crippen LogP contribution is 2.29. The van der Waals surface area contributed by atoms with Crippen LogP contribution in [0.1, 0.15) is 30.0 Å². The molecule has 96 valence electrons. The Balaban J connectivity index is 2.46. The summed E-state index contributed by atoms with van der Waals surface area (Å²) in [7, 11) is 0. The lowest BCUT2D eigenvalue weighted by Gasteiger charge is -2.01. The van der Waals surface area contributed by atoms with Gasteiger partial charge < -0.3 is 13.9 Å². The van der Waals surface area contributed by atoms with Gasteiger partial charge in [-0.2, -0.15) is 0 Å². The zero-order valence-electron chi connectivity index (χ0n) is 10.8. The number of fused-ring (bicyclic) bond motifs is 1. The van der Waals surface area contributed by atoms with Crippen LogP contribution in [-0.2, 0) is 4.74 Å². The van der Waals surface area contributed by atoms with E-state index in [4.69, 9.17) is 13.9 Å². The van der Waals surface area contributed by atoms with Gasteiger partial charge in [0.15, 0.2) is 0 Å². The van der Waals surface area contributed by atoms with Gasteiger partial charge in [0.25, 0.3) is 0 Å². The minimum atomic E-state index is -0.427. The summed E-state index contributed by atoms with van der Waals surface area (Å²) in [6, 6.07) is 5.50. The van der Waals surface area contributed by atoms with E-state index in [-0.39, 0.29) is 5.76 Å². The first-order valence-corrected chi connectivity index (χ1v) is 6.00. The Labute approximate surface area is 105 Å². The molecule has 1 aromatic carbocycles. The molecule has 2 aromatic rings. The molecule has 0 N–H and O–H groups in total. The van der Waals surface area contributed by atoms with E-state index in [1.807, 2.05) is 26.0 Å². The predicted octanol–water partition coefficient (Wildman–Crippen LogP) is 3.32. The summed E-state index contributed by atoms with van der Waals surface area (Å²) in [5, 5.41) is 0.879. The van der Waals surface area contributed by atoms with Crippen molar-refractivity contribution < 1.29 is 18.7 Å². The van der Waals surface area contributed by atoms with Gasteiger partial charge in [0.05, 0.1) is 13.2 Å². The van der Waals surface area contributed by atoms with Crippen LogP contribution in [0.2, 0.25) is 0 Å². The van der Waals surface area contributed by atoms with Gasteiger partial charge in [-0.15, -0.1) is 0 Å². The molecule has 1 aromatic heterocycles. The van der Waals surface area contributed by atoms with Crippen molar-refractivity contribution in [1.29, 1.82) is 0 Å². The highest BCUT2D eigenvalue weighted by Gasteiger charge is 2.18. The van der Waals surface area contributed by atoms with Gasteiger partial charge in [0.2, 0.25) is 5.76 Å². The minimum Gasteiger partial charge on any atom is -0.494 e. The molecular formula is C14H16O4. The van der Waals surface area contributed by atoms with E-state index < -0.39 is 5.97 Å². The van der Waals surface area contributed by atoms with Crippen LogP contribution in [0.5, 0.6) is 5.75 Å². The van der Waals surface area contributed by atoms with Gasteiger partial charge in [-0.05, 0) is 39.0 Å². The Morgan fingerprint density at radius 3 is 2.72 bits per heavy atom. The molecule has 4 heteroatoms. The van der Waals surface area contributed by atoms with Crippen molar-refractivity contribution in [3.05, 3.63) is 29.5 Å². The molecular weight excluding hydrogens is 232 g/mol. The third-order valence-electron chi connectivity index (χ3n) is 2.68. The number of furan rings is 1. The smallest absolute Gasteiger partial charge is 0.374 e. The maximum atomic E-state index is 11.7. The zero-order valence-corrected chi connectivity index (χ0v) is 10.8. The maximum Gasteiger partial charge on any atom is 0.374 e. The van der Waals surface area contributed by atoms with E-state index in [1.54, 1.807) is 13.0 Å². The normalized spacial score (nSPS) is 10.6. The number of rotatable bonds is 4. The van der Waals surface area contributed by atoms with Crippen molar-refractivity contribution >= 4 is 16.9 Å². The van der Waals surface area contributed by atoms with Crippen LogP contribution in [0, 0.1) is 6.92 Å². The molecule has 0 unspecified atom stereocenters. The zero-order chi connectivity index (χ0) is 13.1. The van der Waals surface area contributed by atoms with Crippen molar-refractivity contribution in [2.24, 2.45) is 0 Å². The van der Waals surface area contributed by atoms with Crippen molar-refractivity contribution in [1.82, 2.24) is 0 Å². The summed E-state index contributed by atoms with van der Waals surface area (Å²) in [6.07, 6.45) is 0. The number of esters is 1. The highest BCUT2D eigenvalue weighted by atomic mass is 16.5. The average molecular weight is 248 g/mol. The molecule has 0 fully saturated rings. The fourth-order valence-electron chi connectivity index (χ4n) is 1.85. The van der Waals surface area contributed by atoms with E-state index in [9.17, 15) is 4.79 Å². The summed E-state index contributed by atoms with van der Waals surface area (Å²) in [5.74, 6) is 0.606. The number of carbonyl (C=O) groups is 1. The van der Waals surface area contributed by atoms with Crippen molar-refractivity contribution in [3.8, 4) is 5.75 Å². The number of carbonyl (C=O) groups excluding carboxylic acids is 1. The fraction of sp³-hybridized carbons (Fsp3) is 0.357. The summed E-state index contributed by atoms with van der Waals surface area (Å²) >= 11 is 0. The second-order valence-corrected chi connectivity index (χ2v) is 3.87. The fourth-order valence-corrected chi connectivity index (χ4v) is 1.85. The largest absolute Gasteiger partial charge is 0.494 e. The molecule has 0 aliphatic heterocycles. The van der Waals surface area contributed by atoms with Gasteiger partial charge in [0, 0.05) is 10.9 Å². The summed E-state index contributed by atoms with van der Waals surface area (Å²) in [5.41, 5.74) is 1.45. The van der Waals surface area contributed by atoms with Crippen LogP contribution in [-0.4, -0.2) is 19.2 Å². The SMILES string of the molecule is CCOC(=O)c1oc2ccc(OCC)cc2c1C. The molecule has 2 rings (SSSR count). The minimum absolute atomic E-state index is 0.264. The molecule has 0 saturated carbocycles. The standard InChI is InChI=1S/C14H16O4/c1-4-16-10-6-7-12-11(8-10)9(3)13(18-12)14(15)17-5-2/h6-8H,4-5H2,1-3H3. The predicted molar refractivity (Wildman–Crippen MR) is 68.1 cm³/mol. The number of benzene rings is 1. The molecule has 0 bridgehead atoms. The molecule has 0 aliphatic rings. The van der Waals surface area contributed by atoms with E-state index in [0.29, 0.717) is 18.8 Å². The number of hydrogen-bond donors (Lipinski definition) is 0. The lowest BCUT2D eigenvalue weighted by molar-refractivity contribution is 0.0491. The summed E-state index contributed by atoms with van der Waals surface area (Å²) in [4.78, 5) is 11.7. The van der Waals surface area contributed by atoms with E-state index >= 15 is 0 Å². The Morgan fingerprint density at radius 2 is 2.06 bits per heavy atom. The molecule has 0 aliphatic carbocycles. The van der Waals surface area contributed by atoms with Crippen LogP contribution in [0.25, 0.3) is 11.0 Å². The molecule has 18 heavy (non-hydrogen) atoms. The van der Waals surface area contributed by atoms with Gasteiger partial charge in [-0.25, -0.2) is 4.79 Å². The quantitative estimate of drug-likeness (QED) is 0.779. The Bertz CT molecular complexity index is 568. The monoisotopic (exact) mass is 248 g/mol. The first kappa shape index (κ1) is 12.5. The summed E-state index contributed by atoms with van der Waals surface area (Å²) in [6.45, 7) is 6.47. The van der Waals surface area contributed by atoms with Crippen LogP contribution >= 0.6 is 0 Å². The maximum absolute atomic E-state index is 11.7. The molecule has 0 saturated heterocycles. The van der Waals surface area contributed by atoms with Crippen LogP contribution in [0.3, 0.4) is 0 Å². The molecule has 0 radical (unpaired) electrons. The average Bonchev–Trinajstić information content (AvgIpc) is 2.68. The van der Waals surface area contributed by atoms with E-state index in [0.717, 1.165) is 16.7 Å². The first-order chi connectivity index (χ1) is 8.67. The molecule has 0 amide bonds. The molecule has 4 nitrogen and oxygen atoms in total. The lowest BCUT2D eigenvalue weighted by Crippen LogP contribution is -2.04. The second kappa shape index (κ2) is 5.12. The Kier molecular flexibility index (Phi) is 3.55. The van der Waals surface area contributed by atoms with E-state index in [1.165, 1.54) is 0 Å². The number of hydrogen-bond acceptors (Lipinski definition) is 4. The topological polar surface area (TPSA) is 48.7 Å². The lowest BCUT2D eigenvalue weighted by atomic mass is 10.1. The molecule has 1 heterocycles. The third-order valence-corrected chi connectivity index (χ3v) is 2.68. The van der Waals surface area contributed by atoms with Crippen molar-refractivity contribution in [2.45, 2.75) is 20.8 Å². The first-order valence-electron chi connectivity index (χ1n) is 6.00. The van der Waals surface area contributed by atoms with Crippen molar-refractivity contribution in [2.75, 3.05) is 13.2 Å². The van der Waals surface area contributed by atoms with Crippen LogP contribution in [0.15, 0.2) is 22.6 Å². The third kappa shape index (κ3) is 2.18. The summed E-state index contributed by atoms with van der Waals surface area (Å²) < 4.78 is 15.9. The van der Waals surface area contributed by atoms with Gasteiger partial charge in [-0.3, -0.25) is 0 Å². The van der Waals surface area contributed by atoms with Crippen LogP contribution < -0.4 is 4.74 Å². The van der Waals surface area contributed by atoms with E-state index in [2.05, 4.69) is 0 Å². The van der Waals surface area contributed by atoms with Crippen molar-refractivity contribution in [3.63, 3.8) is 0 Å². The molecule has 0 atom stereocenters. The Hall–Kier alpha value is -1.97. The van der Waals surface area contributed by atoms with Crippen LogP contribution in [0.4, 0.5) is 0 Å².